The van der Waals surface area contributed by atoms with Crippen LogP contribution in [0.15, 0.2) is 54.6 Å². The molecule has 0 unspecified atom stereocenters. The van der Waals surface area contributed by atoms with Gasteiger partial charge < -0.3 is 10.1 Å². The van der Waals surface area contributed by atoms with E-state index in [0.717, 1.165) is 5.69 Å². The second kappa shape index (κ2) is 5.69. The van der Waals surface area contributed by atoms with E-state index in [1.165, 1.54) is 0 Å². The van der Waals surface area contributed by atoms with Crippen LogP contribution in [0.25, 0.3) is 5.69 Å². The number of aryl methyl sites for hydroxylation is 1. The third kappa shape index (κ3) is 2.34. The van der Waals surface area contributed by atoms with Gasteiger partial charge in [0.1, 0.15) is 10.9 Å². The topological polar surface area (TPSA) is 56.2 Å². The van der Waals surface area contributed by atoms with Gasteiger partial charge in [0, 0.05) is 0 Å². The molecular weight excluding hydrogens is 326 g/mol. The molecule has 2 aromatic carbocycles. The lowest BCUT2D eigenvalue weighted by molar-refractivity contribution is 0.0755. The number of hydrogen-bond acceptors (Lipinski definition) is 3. The highest BCUT2D eigenvalue weighted by molar-refractivity contribution is 6.30. The SMILES string of the molecule is Cc1nn(-c2ccccc2)c(Cl)c1[C@@H]1NC(=O)c2ccccc2O1. The van der Waals surface area contributed by atoms with Crippen LogP contribution in [0.5, 0.6) is 5.75 Å². The molecule has 5 nitrogen and oxygen atoms in total. The Balaban J connectivity index is 1.76. The minimum absolute atomic E-state index is 0.190. The van der Waals surface area contributed by atoms with E-state index in [9.17, 15) is 4.79 Å². The first-order valence-corrected chi connectivity index (χ1v) is 7.90. The third-order valence-corrected chi connectivity index (χ3v) is 4.31. The minimum atomic E-state index is -0.669. The van der Waals surface area contributed by atoms with Gasteiger partial charge in [0.2, 0.25) is 6.23 Å². The first-order valence-electron chi connectivity index (χ1n) is 7.52. The molecule has 0 spiro atoms. The van der Waals surface area contributed by atoms with E-state index in [0.29, 0.717) is 27.7 Å². The maximum Gasteiger partial charge on any atom is 0.258 e. The summed E-state index contributed by atoms with van der Waals surface area (Å²) in [6, 6.07) is 16.7. The molecule has 3 aromatic rings. The molecule has 120 valence electrons. The number of aromatic nitrogens is 2. The number of hydrogen-bond donors (Lipinski definition) is 1. The molecule has 6 heteroatoms. The number of carbonyl (C=O) groups is 1. The average molecular weight is 340 g/mol. The number of amides is 1. The zero-order valence-corrected chi connectivity index (χ0v) is 13.6. The Labute approximate surface area is 143 Å². The van der Waals surface area contributed by atoms with Crippen molar-refractivity contribution in [2.45, 2.75) is 13.2 Å². The number of fused-ring (bicyclic) bond motifs is 1. The van der Waals surface area contributed by atoms with Gasteiger partial charge >= 0.3 is 0 Å². The van der Waals surface area contributed by atoms with Crippen molar-refractivity contribution in [3.05, 3.63) is 76.6 Å². The number of para-hydroxylation sites is 2. The summed E-state index contributed by atoms with van der Waals surface area (Å²) in [5.74, 6) is 0.346. The van der Waals surface area contributed by atoms with Crippen molar-refractivity contribution in [1.29, 1.82) is 0 Å². The molecule has 0 bridgehead atoms. The van der Waals surface area contributed by atoms with E-state index in [1.54, 1.807) is 22.9 Å². The molecule has 0 aliphatic carbocycles. The smallest absolute Gasteiger partial charge is 0.258 e. The van der Waals surface area contributed by atoms with Crippen molar-refractivity contribution in [3.8, 4) is 11.4 Å². The molecular formula is C18H14ClN3O2. The summed E-state index contributed by atoms with van der Waals surface area (Å²) < 4.78 is 7.57. The van der Waals surface area contributed by atoms with Crippen molar-refractivity contribution in [1.82, 2.24) is 15.1 Å². The summed E-state index contributed by atoms with van der Waals surface area (Å²) in [6.07, 6.45) is -0.669. The molecule has 0 fully saturated rings. The first-order chi connectivity index (χ1) is 11.6. The quantitative estimate of drug-likeness (QED) is 0.775. The fourth-order valence-corrected chi connectivity index (χ4v) is 3.16. The minimum Gasteiger partial charge on any atom is -0.465 e. The number of nitrogens with one attached hydrogen (secondary N) is 1. The lowest BCUT2D eigenvalue weighted by Crippen LogP contribution is -2.37. The summed E-state index contributed by atoms with van der Waals surface area (Å²) in [7, 11) is 0. The molecule has 1 atom stereocenters. The van der Waals surface area contributed by atoms with Gasteiger partial charge in [-0.1, -0.05) is 41.9 Å². The van der Waals surface area contributed by atoms with E-state index in [2.05, 4.69) is 10.4 Å². The predicted octanol–water partition coefficient (Wildman–Crippen LogP) is 3.66. The predicted molar refractivity (Wildman–Crippen MR) is 90.6 cm³/mol. The molecule has 2 heterocycles. The summed E-state index contributed by atoms with van der Waals surface area (Å²) >= 11 is 6.54. The Kier molecular flexibility index (Phi) is 3.50. The summed E-state index contributed by atoms with van der Waals surface area (Å²) in [5.41, 5.74) is 2.72. The van der Waals surface area contributed by atoms with Crippen molar-refractivity contribution < 1.29 is 9.53 Å². The fourth-order valence-electron chi connectivity index (χ4n) is 2.79. The summed E-state index contributed by atoms with van der Waals surface area (Å²) in [6.45, 7) is 1.84. The van der Waals surface area contributed by atoms with Gasteiger partial charge in [-0.3, -0.25) is 4.79 Å². The van der Waals surface area contributed by atoms with Crippen LogP contribution in [0.4, 0.5) is 0 Å². The fraction of sp³-hybridized carbons (Fsp3) is 0.111. The van der Waals surface area contributed by atoms with Gasteiger partial charge in [-0.25, -0.2) is 4.68 Å². The average Bonchev–Trinajstić information content (AvgIpc) is 2.90. The first kappa shape index (κ1) is 14.8. The van der Waals surface area contributed by atoms with Crippen molar-refractivity contribution >= 4 is 17.5 Å². The lowest BCUT2D eigenvalue weighted by atomic mass is 10.1. The highest BCUT2D eigenvalue weighted by Gasteiger charge is 2.31. The molecule has 1 amide bonds. The van der Waals surface area contributed by atoms with Gasteiger partial charge in [-0.15, -0.1) is 0 Å². The normalized spacial score (nSPS) is 16.2. The summed E-state index contributed by atoms with van der Waals surface area (Å²) in [5, 5.41) is 7.75. The lowest BCUT2D eigenvalue weighted by Gasteiger charge is -2.26. The number of rotatable bonds is 2. The van der Waals surface area contributed by atoms with Gasteiger partial charge in [-0.2, -0.15) is 5.10 Å². The molecule has 1 aromatic heterocycles. The van der Waals surface area contributed by atoms with Crippen molar-refractivity contribution in [2.75, 3.05) is 0 Å². The van der Waals surface area contributed by atoms with Gasteiger partial charge in [0.05, 0.1) is 22.5 Å². The molecule has 4 rings (SSSR count). The van der Waals surface area contributed by atoms with Gasteiger partial charge in [-0.05, 0) is 31.2 Å². The van der Waals surface area contributed by atoms with E-state index < -0.39 is 6.23 Å². The molecule has 1 aliphatic rings. The molecule has 0 saturated heterocycles. The van der Waals surface area contributed by atoms with Crippen LogP contribution < -0.4 is 10.1 Å². The van der Waals surface area contributed by atoms with Crippen molar-refractivity contribution in [2.24, 2.45) is 0 Å². The van der Waals surface area contributed by atoms with E-state index in [1.807, 2.05) is 43.3 Å². The van der Waals surface area contributed by atoms with E-state index >= 15 is 0 Å². The molecule has 1 aliphatic heterocycles. The second-order valence-corrected chi connectivity index (χ2v) is 5.86. The van der Waals surface area contributed by atoms with E-state index in [-0.39, 0.29) is 5.91 Å². The maximum atomic E-state index is 12.3. The Bertz CT molecular complexity index is 921. The largest absolute Gasteiger partial charge is 0.465 e. The molecule has 1 N–H and O–H groups in total. The molecule has 0 saturated carbocycles. The van der Waals surface area contributed by atoms with Gasteiger partial charge in [0.25, 0.3) is 5.91 Å². The van der Waals surface area contributed by atoms with Crippen LogP contribution in [0.2, 0.25) is 5.15 Å². The molecule has 24 heavy (non-hydrogen) atoms. The van der Waals surface area contributed by atoms with Crippen molar-refractivity contribution in [3.63, 3.8) is 0 Å². The Morgan fingerprint density at radius 1 is 1.12 bits per heavy atom. The highest BCUT2D eigenvalue weighted by atomic mass is 35.5. The number of ether oxygens (including phenoxy) is 1. The third-order valence-electron chi connectivity index (χ3n) is 3.95. The maximum absolute atomic E-state index is 12.3. The van der Waals surface area contributed by atoms with Crippen LogP contribution in [-0.2, 0) is 0 Å². The number of carbonyl (C=O) groups excluding carboxylic acids is 1. The monoisotopic (exact) mass is 339 g/mol. The number of nitrogens with zero attached hydrogens (tertiary/aromatic N) is 2. The Morgan fingerprint density at radius 3 is 2.62 bits per heavy atom. The van der Waals surface area contributed by atoms with Crippen LogP contribution >= 0.6 is 11.6 Å². The second-order valence-electron chi connectivity index (χ2n) is 5.50. The van der Waals surface area contributed by atoms with Gasteiger partial charge in [0.15, 0.2) is 0 Å². The number of benzene rings is 2. The van der Waals surface area contributed by atoms with Crippen LogP contribution in [0, 0.1) is 6.92 Å². The molecule has 0 radical (unpaired) electrons. The standard InChI is InChI=1S/C18H14ClN3O2/c1-11-15(16(19)22(21-11)12-7-3-2-4-8-12)18-20-17(23)13-9-5-6-10-14(13)24-18/h2-10,18H,1H3,(H,20,23)/t18-/m1/s1. The zero-order chi connectivity index (χ0) is 16.7. The highest BCUT2D eigenvalue weighted by Crippen LogP contribution is 2.34. The zero-order valence-electron chi connectivity index (χ0n) is 12.9. The van der Waals surface area contributed by atoms with Crippen LogP contribution in [-0.4, -0.2) is 15.7 Å². The van der Waals surface area contributed by atoms with Crippen LogP contribution in [0.3, 0.4) is 0 Å². The summed E-state index contributed by atoms with van der Waals surface area (Å²) in [4.78, 5) is 12.3. The van der Waals surface area contributed by atoms with Crippen LogP contribution in [0.1, 0.15) is 27.8 Å². The number of halogens is 1. The van der Waals surface area contributed by atoms with E-state index in [4.69, 9.17) is 16.3 Å². The Morgan fingerprint density at radius 2 is 1.83 bits per heavy atom. The Hall–Kier alpha value is -2.79.